The monoisotopic (exact) mass is 279 g/mol. The van der Waals surface area contributed by atoms with Crippen LogP contribution in [-0.2, 0) is 11.3 Å². The summed E-state index contributed by atoms with van der Waals surface area (Å²) in [5.74, 6) is 4.52. The SMILES string of the molecule is CCC1CC(=O)N(Cc2cc(C(=O)NN)ccc2F)C1. The number of nitrogens with zero attached hydrogens (tertiary/aromatic N) is 1. The van der Waals surface area contributed by atoms with E-state index in [1.54, 1.807) is 4.90 Å². The Morgan fingerprint density at radius 3 is 2.90 bits per heavy atom. The summed E-state index contributed by atoms with van der Waals surface area (Å²) < 4.78 is 13.8. The fraction of sp³-hybridized carbons (Fsp3) is 0.429. The number of carbonyl (C=O) groups excluding carboxylic acids is 2. The molecule has 0 spiro atoms. The number of nitrogens with one attached hydrogen (secondary N) is 1. The van der Waals surface area contributed by atoms with Crippen LogP contribution in [0.4, 0.5) is 4.39 Å². The third kappa shape index (κ3) is 2.96. The number of hydrazine groups is 1. The van der Waals surface area contributed by atoms with Crippen molar-refractivity contribution >= 4 is 11.8 Å². The fourth-order valence-electron chi connectivity index (χ4n) is 2.41. The Bertz CT molecular complexity index is 533. The first-order valence-corrected chi connectivity index (χ1v) is 6.62. The Hall–Kier alpha value is -1.95. The molecule has 2 amide bonds. The van der Waals surface area contributed by atoms with Crippen molar-refractivity contribution in [3.63, 3.8) is 0 Å². The average molecular weight is 279 g/mol. The van der Waals surface area contributed by atoms with Crippen molar-refractivity contribution < 1.29 is 14.0 Å². The van der Waals surface area contributed by atoms with Crippen LogP contribution in [0, 0.1) is 11.7 Å². The minimum absolute atomic E-state index is 0.0323. The van der Waals surface area contributed by atoms with Crippen LogP contribution in [0.3, 0.4) is 0 Å². The zero-order valence-corrected chi connectivity index (χ0v) is 11.4. The van der Waals surface area contributed by atoms with Crippen LogP contribution in [0.5, 0.6) is 0 Å². The van der Waals surface area contributed by atoms with Gasteiger partial charge in [0.25, 0.3) is 5.91 Å². The maximum absolute atomic E-state index is 13.8. The van der Waals surface area contributed by atoms with Gasteiger partial charge in [0, 0.05) is 30.6 Å². The van der Waals surface area contributed by atoms with Crippen molar-refractivity contribution in [3.8, 4) is 0 Å². The van der Waals surface area contributed by atoms with Crippen molar-refractivity contribution in [2.45, 2.75) is 26.3 Å². The van der Waals surface area contributed by atoms with Crippen molar-refractivity contribution in [1.82, 2.24) is 10.3 Å². The number of benzene rings is 1. The number of rotatable bonds is 4. The maximum Gasteiger partial charge on any atom is 0.265 e. The summed E-state index contributed by atoms with van der Waals surface area (Å²) in [6.07, 6.45) is 1.45. The van der Waals surface area contributed by atoms with E-state index in [9.17, 15) is 14.0 Å². The van der Waals surface area contributed by atoms with Crippen LogP contribution in [0.25, 0.3) is 0 Å². The van der Waals surface area contributed by atoms with Crippen molar-refractivity contribution in [2.24, 2.45) is 11.8 Å². The molecule has 20 heavy (non-hydrogen) atoms. The smallest absolute Gasteiger partial charge is 0.265 e. The third-order valence-corrected chi connectivity index (χ3v) is 3.67. The Balaban J connectivity index is 2.16. The predicted octanol–water partition coefficient (Wildman–Crippen LogP) is 1.19. The lowest BCUT2D eigenvalue weighted by molar-refractivity contribution is -0.128. The van der Waals surface area contributed by atoms with Crippen LogP contribution in [0.15, 0.2) is 18.2 Å². The largest absolute Gasteiger partial charge is 0.338 e. The molecular formula is C14H18FN3O2. The van der Waals surface area contributed by atoms with Crippen molar-refractivity contribution in [2.75, 3.05) is 6.54 Å². The number of amides is 2. The second kappa shape index (κ2) is 6.00. The van der Waals surface area contributed by atoms with Gasteiger partial charge in [0.1, 0.15) is 5.82 Å². The van der Waals surface area contributed by atoms with Crippen LogP contribution >= 0.6 is 0 Å². The predicted molar refractivity (Wildman–Crippen MR) is 71.9 cm³/mol. The van der Waals surface area contributed by atoms with Gasteiger partial charge in [0.05, 0.1) is 0 Å². The number of nitrogen functional groups attached to an aromatic ring is 1. The molecule has 0 bridgehead atoms. The number of halogens is 1. The second-order valence-corrected chi connectivity index (χ2v) is 5.03. The molecule has 1 atom stereocenters. The molecule has 6 heteroatoms. The van der Waals surface area contributed by atoms with Crippen molar-refractivity contribution in [1.29, 1.82) is 0 Å². The highest BCUT2D eigenvalue weighted by atomic mass is 19.1. The first kappa shape index (κ1) is 14.5. The van der Waals surface area contributed by atoms with Crippen LogP contribution in [-0.4, -0.2) is 23.3 Å². The number of carbonyl (C=O) groups is 2. The summed E-state index contributed by atoms with van der Waals surface area (Å²) in [6.45, 7) is 2.86. The van der Waals surface area contributed by atoms with Gasteiger partial charge in [-0.05, 0) is 24.1 Å². The summed E-state index contributed by atoms with van der Waals surface area (Å²) in [6, 6.07) is 4.02. The van der Waals surface area contributed by atoms with Crippen LogP contribution in [0.1, 0.15) is 35.7 Å². The number of likely N-dealkylation sites (tertiary alicyclic amines) is 1. The van der Waals surface area contributed by atoms with E-state index in [0.717, 1.165) is 6.42 Å². The highest BCUT2D eigenvalue weighted by molar-refractivity contribution is 5.93. The molecule has 1 fully saturated rings. The van der Waals surface area contributed by atoms with E-state index < -0.39 is 11.7 Å². The highest BCUT2D eigenvalue weighted by Crippen LogP contribution is 2.23. The Labute approximate surface area is 116 Å². The zero-order chi connectivity index (χ0) is 14.7. The first-order valence-electron chi connectivity index (χ1n) is 6.62. The third-order valence-electron chi connectivity index (χ3n) is 3.67. The standard InChI is InChI=1S/C14H18FN3O2/c1-2-9-5-13(19)18(7-9)8-11-6-10(14(20)17-16)3-4-12(11)15/h3-4,6,9H,2,5,7-8,16H2,1H3,(H,17,20). The molecule has 0 saturated carbocycles. The molecule has 1 aromatic carbocycles. The van der Waals surface area contributed by atoms with E-state index in [0.29, 0.717) is 24.4 Å². The topological polar surface area (TPSA) is 75.4 Å². The van der Waals surface area contributed by atoms with Crippen molar-refractivity contribution in [3.05, 3.63) is 35.1 Å². The van der Waals surface area contributed by atoms with Gasteiger partial charge in [-0.3, -0.25) is 15.0 Å². The van der Waals surface area contributed by atoms with Gasteiger partial charge >= 0.3 is 0 Å². The highest BCUT2D eigenvalue weighted by Gasteiger charge is 2.28. The minimum Gasteiger partial charge on any atom is -0.338 e. The van der Waals surface area contributed by atoms with Crippen LogP contribution in [0.2, 0.25) is 0 Å². The van der Waals surface area contributed by atoms with Gasteiger partial charge < -0.3 is 4.90 Å². The molecule has 3 N–H and O–H groups in total. The molecule has 1 aliphatic heterocycles. The van der Waals surface area contributed by atoms with Gasteiger partial charge in [-0.1, -0.05) is 13.3 Å². The van der Waals surface area contributed by atoms with Gasteiger partial charge in [-0.2, -0.15) is 0 Å². The molecular weight excluding hydrogens is 261 g/mol. The normalized spacial score (nSPS) is 18.4. The van der Waals surface area contributed by atoms with Gasteiger partial charge in [-0.25, -0.2) is 10.2 Å². The average Bonchev–Trinajstić information content (AvgIpc) is 2.81. The molecule has 1 aliphatic rings. The molecule has 5 nitrogen and oxygen atoms in total. The molecule has 1 unspecified atom stereocenters. The second-order valence-electron chi connectivity index (χ2n) is 5.03. The molecule has 2 rings (SSSR count). The molecule has 108 valence electrons. The van der Waals surface area contributed by atoms with E-state index in [2.05, 4.69) is 0 Å². The van der Waals surface area contributed by atoms with Crippen LogP contribution < -0.4 is 11.3 Å². The number of hydrogen-bond donors (Lipinski definition) is 2. The number of hydrogen-bond acceptors (Lipinski definition) is 3. The minimum atomic E-state index is -0.481. The molecule has 1 saturated heterocycles. The van der Waals surface area contributed by atoms with E-state index in [1.807, 2.05) is 12.3 Å². The Kier molecular flexibility index (Phi) is 4.34. The molecule has 1 aromatic rings. The summed E-state index contributed by atoms with van der Waals surface area (Å²) in [7, 11) is 0. The molecule has 1 heterocycles. The fourth-order valence-corrected chi connectivity index (χ4v) is 2.41. The lowest BCUT2D eigenvalue weighted by atomic mass is 10.1. The summed E-state index contributed by atoms with van der Waals surface area (Å²) in [4.78, 5) is 24.9. The molecule has 0 radical (unpaired) electrons. The summed E-state index contributed by atoms with van der Waals surface area (Å²) >= 11 is 0. The Morgan fingerprint density at radius 1 is 1.55 bits per heavy atom. The number of nitrogens with two attached hydrogens (primary N) is 1. The molecule has 0 aliphatic carbocycles. The van der Waals surface area contributed by atoms with E-state index in [1.165, 1.54) is 18.2 Å². The zero-order valence-electron chi connectivity index (χ0n) is 11.4. The van der Waals surface area contributed by atoms with E-state index in [4.69, 9.17) is 5.84 Å². The first-order chi connectivity index (χ1) is 9.55. The van der Waals surface area contributed by atoms with Gasteiger partial charge in [0.2, 0.25) is 5.91 Å². The van der Waals surface area contributed by atoms with E-state index in [-0.39, 0.29) is 18.0 Å². The summed E-state index contributed by atoms with van der Waals surface area (Å²) in [5.41, 5.74) is 2.61. The lowest BCUT2D eigenvalue weighted by Crippen LogP contribution is -2.30. The quantitative estimate of drug-likeness (QED) is 0.494. The summed E-state index contributed by atoms with van der Waals surface area (Å²) in [5, 5.41) is 0. The maximum atomic E-state index is 13.8. The Morgan fingerprint density at radius 2 is 2.30 bits per heavy atom. The van der Waals surface area contributed by atoms with Gasteiger partial charge in [-0.15, -0.1) is 0 Å². The van der Waals surface area contributed by atoms with E-state index >= 15 is 0 Å². The van der Waals surface area contributed by atoms with Gasteiger partial charge in [0.15, 0.2) is 0 Å². The molecule has 0 aromatic heterocycles. The lowest BCUT2D eigenvalue weighted by Gasteiger charge is -2.17.